The molecule has 1 amide bonds. The highest BCUT2D eigenvalue weighted by atomic mass is 35.5. The summed E-state index contributed by atoms with van der Waals surface area (Å²) in [6.45, 7) is 2.48. The van der Waals surface area contributed by atoms with Gasteiger partial charge in [-0.25, -0.2) is 4.39 Å². The van der Waals surface area contributed by atoms with Gasteiger partial charge in [-0.1, -0.05) is 23.7 Å². The fourth-order valence-electron chi connectivity index (χ4n) is 2.36. The molecule has 0 aromatic heterocycles. The van der Waals surface area contributed by atoms with Crippen molar-refractivity contribution in [3.05, 3.63) is 64.4 Å². The van der Waals surface area contributed by atoms with Crippen molar-refractivity contribution in [3.63, 3.8) is 0 Å². The van der Waals surface area contributed by atoms with E-state index in [1.54, 1.807) is 38.4 Å². The Morgan fingerprint density at radius 3 is 2.69 bits per heavy atom. The van der Waals surface area contributed by atoms with Crippen molar-refractivity contribution in [3.8, 4) is 11.5 Å². The third kappa shape index (κ3) is 4.99. The van der Waals surface area contributed by atoms with Crippen LogP contribution in [0.25, 0.3) is 6.08 Å². The molecule has 0 aliphatic carbocycles. The molecule has 0 saturated heterocycles. The number of hydrogen-bond donors (Lipinski definition) is 0. The number of methoxy groups -OCH3 is 1. The normalized spacial score (nSPS) is 10.8. The first kappa shape index (κ1) is 19.8. The first-order chi connectivity index (χ1) is 12.5. The lowest BCUT2D eigenvalue weighted by atomic mass is 10.1. The van der Waals surface area contributed by atoms with Crippen LogP contribution in [0.1, 0.15) is 18.1 Å². The van der Waals surface area contributed by atoms with Crippen LogP contribution in [0.4, 0.5) is 4.39 Å². The monoisotopic (exact) mass is 377 g/mol. The van der Waals surface area contributed by atoms with Gasteiger partial charge in [0.25, 0.3) is 0 Å². The molecule has 0 unspecified atom stereocenters. The highest BCUT2D eigenvalue weighted by Gasteiger charge is 2.12. The third-order valence-corrected chi connectivity index (χ3v) is 4.09. The maximum absolute atomic E-state index is 13.8. The Morgan fingerprint density at radius 2 is 2.04 bits per heavy atom. The number of likely N-dealkylation sites (N-methyl/N-ethyl adjacent to an activating group) is 1. The average molecular weight is 378 g/mol. The van der Waals surface area contributed by atoms with Gasteiger partial charge in [-0.3, -0.25) is 4.79 Å². The largest absolute Gasteiger partial charge is 0.493 e. The number of rotatable bonds is 7. The van der Waals surface area contributed by atoms with E-state index >= 15 is 0 Å². The molecule has 0 aliphatic heterocycles. The number of hydrogen-bond acceptors (Lipinski definition) is 3. The molecular weight excluding hydrogens is 357 g/mol. The molecule has 4 nitrogen and oxygen atoms in total. The molecule has 0 atom stereocenters. The number of halogens is 2. The van der Waals surface area contributed by atoms with E-state index in [-0.39, 0.29) is 12.5 Å². The molecule has 0 bridgehead atoms. The maximum Gasteiger partial charge on any atom is 0.246 e. The summed E-state index contributed by atoms with van der Waals surface area (Å²) >= 11 is 6.01. The Morgan fingerprint density at radius 1 is 1.27 bits per heavy atom. The fourth-order valence-corrected chi connectivity index (χ4v) is 2.58. The fraction of sp³-hybridized carbons (Fsp3) is 0.250. The smallest absolute Gasteiger partial charge is 0.246 e. The SMILES string of the molecule is CCOc1cc(/C=C/C(=O)N(C)Cc2c(F)cccc2Cl)ccc1OC. The maximum atomic E-state index is 13.8. The summed E-state index contributed by atoms with van der Waals surface area (Å²) in [4.78, 5) is 13.7. The van der Waals surface area contributed by atoms with Gasteiger partial charge in [0.1, 0.15) is 5.82 Å². The van der Waals surface area contributed by atoms with E-state index in [0.29, 0.717) is 28.7 Å². The summed E-state index contributed by atoms with van der Waals surface area (Å²) in [5, 5.41) is 0.296. The third-order valence-electron chi connectivity index (χ3n) is 3.74. The van der Waals surface area contributed by atoms with E-state index in [4.69, 9.17) is 21.1 Å². The number of nitrogens with zero attached hydrogens (tertiary/aromatic N) is 1. The van der Waals surface area contributed by atoms with Crippen LogP contribution in [0.3, 0.4) is 0 Å². The molecule has 0 spiro atoms. The summed E-state index contributed by atoms with van der Waals surface area (Å²) < 4.78 is 24.6. The van der Waals surface area contributed by atoms with Crippen LogP contribution in [0.5, 0.6) is 11.5 Å². The minimum absolute atomic E-state index is 0.0848. The predicted octanol–water partition coefficient (Wildman–Crippen LogP) is 4.56. The first-order valence-electron chi connectivity index (χ1n) is 8.13. The molecule has 0 heterocycles. The molecule has 0 saturated carbocycles. The van der Waals surface area contributed by atoms with E-state index in [0.717, 1.165) is 5.56 Å². The number of carbonyl (C=O) groups is 1. The molecular formula is C20H21ClFNO3. The lowest BCUT2D eigenvalue weighted by Crippen LogP contribution is -2.24. The zero-order valence-corrected chi connectivity index (χ0v) is 15.7. The number of benzene rings is 2. The van der Waals surface area contributed by atoms with Gasteiger partial charge in [0.2, 0.25) is 5.91 Å². The molecule has 0 aliphatic rings. The van der Waals surface area contributed by atoms with Crippen LogP contribution in [0, 0.1) is 5.82 Å². The van der Waals surface area contributed by atoms with Gasteiger partial charge < -0.3 is 14.4 Å². The number of amides is 1. The molecule has 6 heteroatoms. The second-order valence-electron chi connectivity index (χ2n) is 5.57. The van der Waals surface area contributed by atoms with E-state index in [2.05, 4.69) is 0 Å². The standard InChI is InChI=1S/C20H21ClFNO3/c1-4-26-19-12-14(8-10-18(19)25-3)9-11-20(24)23(2)13-15-16(21)6-5-7-17(15)22/h5-12H,4,13H2,1-3H3/b11-9+. The van der Waals surface area contributed by atoms with Gasteiger partial charge in [-0.2, -0.15) is 0 Å². The van der Waals surface area contributed by atoms with Crippen molar-refractivity contribution < 1.29 is 18.7 Å². The van der Waals surface area contributed by atoms with Gasteiger partial charge in [0.05, 0.1) is 13.7 Å². The Labute approximate surface area is 157 Å². The van der Waals surface area contributed by atoms with E-state index in [1.807, 2.05) is 13.0 Å². The van der Waals surface area contributed by atoms with E-state index in [9.17, 15) is 9.18 Å². The van der Waals surface area contributed by atoms with Gasteiger partial charge in [-0.15, -0.1) is 0 Å². The second-order valence-corrected chi connectivity index (χ2v) is 5.98. The summed E-state index contributed by atoms with van der Waals surface area (Å²) in [5.74, 6) is 0.536. The first-order valence-corrected chi connectivity index (χ1v) is 8.51. The van der Waals surface area contributed by atoms with Crippen LogP contribution < -0.4 is 9.47 Å². The van der Waals surface area contributed by atoms with Crippen molar-refractivity contribution in [2.75, 3.05) is 20.8 Å². The zero-order chi connectivity index (χ0) is 19.1. The highest BCUT2D eigenvalue weighted by Crippen LogP contribution is 2.28. The van der Waals surface area contributed by atoms with E-state index < -0.39 is 5.82 Å². The van der Waals surface area contributed by atoms with Crippen molar-refractivity contribution in [1.82, 2.24) is 4.90 Å². The van der Waals surface area contributed by atoms with Crippen molar-refractivity contribution in [1.29, 1.82) is 0 Å². The van der Waals surface area contributed by atoms with Crippen molar-refractivity contribution in [2.45, 2.75) is 13.5 Å². The Balaban J connectivity index is 2.10. The van der Waals surface area contributed by atoms with Crippen LogP contribution >= 0.6 is 11.6 Å². The Kier molecular flexibility index (Phi) is 7.04. The number of ether oxygens (including phenoxy) is 2. The van der Waals surface area contributed by atoms with Gasteiger partial charge in [-0.05, 0) is 42.8 Å². The Hall–Kier alpha value is -2.53. The van der Waals surface area contributed by atoms with Crippen LogP contribution in [0.15, 0.2) is 42.5 Å². The highest BCUT2D eigenvalue weighted by molar-refractivity contribution is 6.31. The molecule has 0 fully saturated rings. The van der Waals surface area contributed by atoms with Gasteiger partial charge in [0, 0.05) is 30.3 Å². The lowest BCUT2D eigenvalue weighted by molar-refractivity contribution is -0.125. The number of carbonyl (C=O) groups excluding carboxylic acids is 1. The molecule has 138 valence electrons. The summed E-state index contributed by atoms with van der Waals surface area (Å²) in [5.41, 5.74) is 1.08. The van der Waals surface area contributed by atoms with Crippen molar-refractivity contribution in [2.24, 2.45) is 0 Å². The minimum Gasteiger partial charge on any atom is -0.493 e. The minimum atomic E-state index is -0.433. The molecule has 2 rings (SSSR count). The van der Waals surface area contributed by atoms with Crippen LogP contribution in [-0.4, -0.2) is 31.6 Å². The van der Waals surface area contributed by atoms with Crippen LogP contribution in [-0.2, 0) is 11.3 Å². The van der Waals surface area contributed by atoms with Gasteiger partial charge >= 0.3 is 0 Å². The molecule has 0 N–H and O–H groups in total. The van der Waals surface area contributed by atoms with E-state index in [1.165, 1.54) is 23.1 Å². The lowest BCUT2D eigenvalue weighted by Gasteiger charge is -2.16. The van der Waals surface area contributed by atoms with Crippen LogP contribution in [0.2, 0.25) is 5.02 Å². The molecule has 26 heavy (non-hydrogen) atoms. The summed E-state index contributed by atoms with van der Waals surface area (Å²) in [6, 6.07) is 9.84. The molecule has 2 aromatic carbocycles. The molecule has 2 aromatic rings. The summed E-state index contributed by atoms with van der Waals surface area (Å²) in [7, 11) is 3.16. The predicted molar refractivity (Wildman–Crippen MR) is 101 cm³/mol. The second kappa shape index (κ2) is 9.25. The Bertz CT molecular complexity index is 787. The topological polar surface area (TPSA) is 38.8 Å². The average Bonchev–Trinajstić information content (AvgIpc) is 2.63. The zero-order valence-electron chi connectivity index (χ0n) is 15.0. The van der Waals surface area contributed by atoms with Crippen molar-refractivity contribution >= 4 is 23.6 Å². The molecule has 0 radical (unpaired) electrons. The van der Waals surface area contributed by atoms with Gasteiger partial charge in [0.15, 0.2) is 11.5 Å². The quantitative estimate of drug-likeness (QED) is 0.664. The summed E-state index contributed by atoms with van der Waals surface area (Å²) in [6.07, 6.45) is 3.09.